The molecule has 3 heterocycles. The highest BCUT2D eigenvalue weighted by Crippen LogP contribution is 2.36. The molecule has 0 unspecified atom stereocenters. The lowest BCUT2D eigenvalue weighted by molar-refractivity contribution is -0.134. The Kier molecular flexibility index (Phi) is 5.24. The molecule has 0 amide bonds. The molecule has 1 aliphatic heterocycles. The van der Waals surface area contributed by atoms with Gasteiger partial charge >= 0.3 is 5.97 Å². The molecule has 0 spiro atoms. The number of rotatable bonds is 4. The van der Waals surface area contributed by atoms with Gasteiger partial charge in [-0.25, -0.2) is 14.8 Å². The van der Waals surface area contributed by atoms with Crippen LogP contribution in [0, 0.1) is 0 Å². The number of imidazole rings is 1. The number of anilines is 1. The average Bonchev–Trinajstić information content (AvgIpc) is 3.40. The Morgan fingerprint density at radius 1 is 1.36 bits per heavy atom. The van der Waals surface area contributed by atoms with Crippen molar-refractivity contribution in [2.45, 2.75) is 18.9 Å². The number of esters is 1. The van der Waals surface area contributed by atoms with Crippen LogP contribution in [-0.4, -0.2) is 40.2 Å². The van der Waals surface area contributed by atoms with Crippen LogP contribution in [0.4, 0.5) is 5.82 Å². The molecule has 0 aliphatic carbocycles. The van der Waals surface area contributed by atoms with Gasteiger partial charge in [0.15, 0.2) is 0 Å². The topological polar surface area (TPSA) is 60.2 Å². The number of ether oxygens (including phenoxy) is 1. The Morgan fingerprint density at radius 2 is 2.21 bits per heavy atom. The maximum absolute atomic E-state index is 11.5. The van der Waals surface area contributed by atoms with Crippen LogP contribution in [0.15, 0.2) is 49.1 Å². The molecule has 8 heteroatoms. The van der Waals surface area contributed by atoms with Crippen molar-refractivity contribution < 1.29 is 9.53 Å². The van der Waals surface area contributed by atoms with Crippen LogP contribution < -0.4 is 4.90 Å². The summed E-state index contributed by atoms with van der Waals surface area (Å²) in [5.41, 5.74) is 1.55. The highest BCUT2D eigenvalue weighted by atomic mass is 35.5. The van der Waals surface area contributed by atoms with Crippen molar-refractivity contribution in [3.63, 3.8) is 0 Å². The van der Waals surface area contributed by atoms with Gasteiger partial charge in [0.05, 0.1) is 34.7 Å². The third-order valence-electron chi connectivity index (χ3n) is 4.87. The summed E-state index contributed by atoms with van der Waals surface area (Å²) >= 11 is 12.7. The highest BCUT2D eigenvalue weighted by molar-refractivity contribution is 6.45. The fraction of sp³-hybridized carbons (Fsp3) is 0.250. The minimum Gasteiger partial charge on any atom is -0.466 e. The van der Waals surface area contributed by atoms with Gasteiger partial charge < -0.3 is 14.2 Å². The zero-order chi connectivity index (χ0) is 19.7. The van der Waals surface area contributed by atoms with Crippen molar-refractivity contribution in [1.82, 2.24) is 14.5 Å². The van der Waals surface area contributed by atoms with Crippen molar-refractivity contribution in [3.8, 4) is 5.69 Å². The maximum atomic E-state index is 11.5. The average molecular weight is 417 g/mol. The van der Waals surface area contributed by atoms with E-state index in [1.165, 1.54) is 13.2 Å². The molecule has 4 rings (SSSR count). The van der Waals surface area contributed by atoms with Gasteiger partial charge in [0.1, 0.15) is 5.82 Å². The normalized spacial score (nSPS) is 17.0. The molecule has 6 nitrogen and oxygen atoms in total. The maximum Gasteiger partial charge on any atom is 0.330 e. The zero-order valence-electron chi connectivity index (χ0n) is 15.2. The Balaban J connectivity index is 1.84. The predicted octanol–water partition coefficient (Wildman–Crippen LogP) is 4.43. The molecular weight excluding hydrogens is 399 g/mol. The first kappa shape index (κ1) is 18.8. The van der Waals surface area contributed by atoms with Crippen LogP contribution in [0.2, 0.25) is 10.0 Å². The summed E-state index contributed by atoms with van der Waals surface area (Å²) in [4.78, 5) is 22.6. The Labute approximate surface area is 172 Å². The van der Waals surface area contributed by atoms with E-state index < -0.39 is 0 Å². The van der Waals surface area contributed by atoms with Crippen molar-refractivity contribution in [2.75, 3.05) is 18.6 Å². The van der Waals surface area contributed by atoms with E-state index >= 15 is 0 Å². The number of carbonyl (C=O) groups excluding carboxylic acids is 1. The Bertz CT molecular complexity index is 1050. The fourth-order valence-corrected chi connectivity index (χ4v) is 3.86. The number of pyridine rings is 1. The molecule has 0 radical (unpaired) electrons. The van der Waals surface area contributed by atoms with Gasteiger partial charge in [-0.15, -0.1) is 0 Å². The van der Waals surface area contributed by atoms with Gasteiger partial charge in [-0.3, -0.25) is 0 Å². The molecule has 0 N–H and O–H groups in total. The molecule has 144 valence electrons. The number of methoxy groups -OCH3 is 1. The first-order valence-corrected chi connectivity index (χ1v) is 9.64. The third kappa shape index (κ3) is 3.45. The lowest BCUT2D eigenvalue weighted by atomic mass is 10.1. The van der Waals surface area contributed by atoms with Crippen molar-refractivity contribution in [1.29, 1.82) is 0 Å². The van der Waals surface area contributed by atoms with Gasteiger partial charge in [-0.05, 0) is 25.0 Å². The van der Waals surface area contributed by atoms with Crippen LogP contribution in [-0.2, 0) is 9.53 Å². The summed E-state index contributed by atoms with van der Waals surface area (Å²) in [7, 11) is 1.37. The van der Waals surface area contributed by atoms with Gasteiger partial charge in [0.2, 0.25) is 0 Å². The molecule has 1 fully saturated rings. The molecule has 0 saturated carbocycles. The van der Waals surface area contributed by atoms with Crippen LogP contribution in [0.1, 0.15) is 12.8 Å². The number of carbonyl (C=O) groups is 1. The predicted molar refractivity (Wildman–Crippen MR) is 110 cm³/mol. The summed E-state index contributed by atoms with van der Waals surface area (Å²) in [5, 5.41) is 1.76. The van der Waals surface area contributed by atoms with E-state index in [-0.39, 0.29) is 12.0 Å². The van der Waals surface area contributed by atoms with Crippen molar-refractivity contribution >= 4 is 45.9 Å². The van der Waals surface area contributed by atoms with E-state index in [0.717, 1.165) is 36.3 Å². The van der Waals surface area contributed by atoms with Crippen LogP contribution >= 0.6 is 23.2 Å². The van der Waals surface area contributed by atoms with Gasteiger partial charge in [-0.1, -0.05) is 29.3 Å². The number of nitrogens with zero attached hydrogens (tertiary/aromatic N) is 4. The van der Waals surface area contributed by atoms with E-state index in [0.29, 0.717) is 15.6 Å². The molecular formula is C20H18Cl2N4O2. The Hall–Kier alpha value is -2.57. The van der Waals surface area contributed by atoms with E-state index in [9.17, 15) is 4.79 Å². The summed E-state index contributed by atoms with van der Waals surface area (Å²) in [6.07, 6.45) is 10.6. The highest BCUT2D eigenvalue weighted by Gasteiger charge is 2.25. The first-order chi connectivity index (χ1) is 13.6. The molecule has 3 aromatic rings. The molecule has 1 saturated heterocycles. The fourth-order valence-electron chi connectivity index (χ4n) is 3.50. The first-order valence-electron chi connectivity index (χ1n) is 8.88. The second-order valence-electron chi connectivity index (χ2n) is 6.51. The van der Waals surface area contributed by atoms with E-state index in [1.807, 2.05) is 29.0 Å². The molecule has 2 aromatic heterocycles. The molecule has 1 aliphatic rings. The van der Waals surface area contributed by atoms with E-state index in [1.54, 1.807) is 18.6 Å². The number of halogens is 2. The summed E-state index contributed by atoms with van der Waals surface area (Å²) < 4.78 is 6.63. The molecule has 28 heavy (non-hydrogen) atoms. The van der Waals surface area contributed by atoms with Crippen LogP contribution in [0.3, 0.4) is 0 Å². The smallest absolute Gasteiger partial charge is 0.330 e. The van der Waals surface area contributed by atoms with Crippen molar-refractivity contribution in [2.24, 2.45) is 0 Å². The van der Waals surface area contributed by atoms with Crippen LogP contribution in [0.5, 0.6) is 0 Å². The zero-order valence-corrected chi connectivity index (χ0v) is 16.7. The number of benzene rings is 1. The molecule has 0 bridgehead atoms. The van der Waals surface area contributed by atoms with Gasteiger partial charge in [0, 0.05) is 42.5 Å². The number of aromatic nitrogens is 3. The number of hydrogen-bond donors (Lipinski definition) is 0. The monoisotopic (exact) mass is 416 g/mol. The summed E-state index contributed by atoms with van der Waals surface area (Å²) in [6, 6.07) is 5.75. The SMILES string of the molecule is COC(=O)/C=C/[C@@H]1CCCN1c1cc(-n2ccnc2)c2ccc(Cl)c(Cl)c2n1. The largest absolute Gasteiger partial charge is 0.466 e. The lowest BCUT2D eigenvalue weighted by Gasteiger charge is -2.25. The quantitative estimate of drug-likeness (QED) is 0.465. The van der Waals surface area contributed by atoms with E-state index in [2.05, 4.69) is 9.88 Å². The van der Waals surface area contributed by atoms with Gasteiger partial charge in [-0.2, -0.15) is 0 Å². The molecule has 1 aromatic carbocycles. The number of fused-ring (bicyclic) bond motifs is 1. The second kappa shape index (κ2) is 7.81. The minimum absolute atomic E-state index is 0.0534. The number of hydrogen-bond acceptors (Lipinski definition) is 5. The summed E-state index contributed by atoms with van der Waals surface area (Å²) in [6.45, 7) is 0.830. The van der Waals surface area contributed by atoms with Crippen LogP contribution in [0.25, 0.3) is 16.6 Å². The lowest BCUT2D eigenvalue weighted by Crippen LogP contribution is -2.28. The van der Waals surface area contributed by atoms with Gasteiger partial charge in [0.25, 0.3) is 0 Å². The molecule has 1 atom stereocenters. The van der Waals surface area contributed by atoms with E-state index in [4.69, 9.17) is 32.9 Å². The van der Waals surface area contributed by atoms with Crippen molar-refractivity contribution in [3.05, 3.63) is 59.1 Å². The summed E-state index contributed by atoms with van der Waals surface area (Å²) in [5.74, 6) is 0.407. The standard InChI is InChI=1S/C20H18Cl2N4O2/c1-28-18(27)7-4-13-3-2-9-26(13)17-11-16(25-10-8-23-12-25)14-5-6-15(21)19(22)20(14)24-17/h4-8,10-13H,2-3,9H2,1H3/b7-4+/t13-/m0/s1. The third-order valence-corrected chi connectivity index (χ3v) is 5.66. The second-order valence-corrected chi connectivity index (χ2v) is 7.30. The Morgan fingerprint density at radius 3 is 2.96 bits per heavy atom. The minimum atomic E-state index is -0.368.